The number of aromatic nitrogens is 1. The van der Waals surface area contributed by atoms with E-state index in [1.165, 1.54) is 18.9 Å². The van der Waals surface area contributed by atoms with E-state index < -0.39 is 5.97 Å². The van der Waals surface area contributed by atoms with Gasteiger partial charge in [0.15, 0.2) is 5.82 Å². The Morgan fingerprint density at radius 1 is 1.25 bits per heavy atom. The summed E-state index contributed by atoms with van der Waals surface area (Å²) in [7, 11) is 1.33. The molecule has 1 N–H and O–H groups in total. The molecule has 2 heterocycles. The molecule has 0 saturated carbocycles. The van der Waals surface area contributed by atoms with E-state index in [9.17, 15) is 14.4 Å². The fourth-order valence-corrected chi connectivity index (χ4v) is 4.35. The van der Waals surface area contributed by atoms with E-state index in [1.807, 2.05) is 0 Å². The number of thioether (sulfide) groups is 1. The summed E-state index contributed by atoms with van der Waals surface area (Å²) in [4.78, 5) is 38.3. The number of hydrogen-bond donors (Lipinski definition) is 1. The number of thiocarbonyl (C=S) groups is 1. The SMILES string of the molecule is COC(=O)c1ccc(/C=C2/SC(=S)N(CCCCCC(=O)Nc3cc(C)on3)C2=O)cc1. The van der Waals surface area contributed by atoms with E-state index in [-0.39, 0.29) is 11.8 Å². The van der Waals surface area contributed by atoms with Crippen LogP contribution in [0.25, 0.3) is 6.08 Å². The first-order valence-electron chi connectivity index (χ1n) is 10.0. The van der Waals surface area contributed by atoms with Crippen molar-refractivity contribution in [1.82, 2.24) is 10.1 Å². The fourth-order valence-electron chi connectivity index (χ4n) is 3.04. The van der Waals surface area contributed by atoms with E-state index in [0.717, 1.165) is 18.4 Å². The third-order valence-corrected chi connectivity index (χ3v) is 6.06. The van der Waals surface area contributed by atoms with Crippen molar-refractivity contribution in [1.29, 1.82) is 0 Å². The molecule has 0 unspecified atom stereocenters. The minimum Gasteiger partial charge on any atom is -0.465 e. The Balaban J connectivity index is 1.44. The fraction of sp³-hybridized carbons (Fsp3) is 0.318. The minimum atomic E-state index is -0.409. The van der Waals surface area contributed by atoms with Gasteiger partial charge in [-0.3, -0.25) is 14.5 Å². The first kappa shape index (κ1) is 23.7. The summed E-state index contributed by atoms with van der Waals surface area (Å²) in [6, 6.07) is 8.47. The van der Waals surface area contributed by atoms with Crippen molar-refractivity contribution >= 4 is 58.0 Å². The van der Waals surface area contributed by atoms with Crippen LogP contribution < -0.4 is 5.32 Å². The predicted octanol–water partition coefficient (Wildman–Crippen LogP) is 4.17. The normalized spacial score (nSPS) is 14.8. The molecule has 0 aliphatic carbocycles. The third-order valence-electron chi connectivity index (χ3n) is 4.68. The topological polar surface area (TPSA) is 102 Å². The maximum absolute atomic E-state index is 12.7. The molecule has 1 fully saturated rings. The molecule has 8 nitrogen and oxygen atoms in total. The molecular formula is C22H23N3O5S2. The number of nitrogens with one attached hydrogen (secondary N) is 1. The van der Waals surface area contributed by atoms with Crippen molar-refractivity contribution < 1.29 is 23.6 Å². The Morgan fingerprint density at radius 3 is 2.66 bits per heavy atom. The van der Waals surface area contributed by atoms with Crippen LogP contribution in [-0.2, 0) is 14.3 Å². The zero-order chi connectivity index (χ0) is 23.1. The zero-order valence-electron chi connectivity index (χ0n) is 17.8. The van der Waals surface area contributed by atoms with Gasteiger partial charge in [-0.05, 0) is 43.5 Å². The average Bonchev–Trinajstić information content (AvgIpc) is 3.30. The number of amides is 2. The van der Waals surface area contributed by atoms with Crippen molar-refractivity contribution in [3.05, 3.63) is 52.1 Å². The molecule has 1 aliphatic rings. The van der Waals surface area contributed by atoms with Crippen molar-refractivity contribution in [2.75, 3.05) is 19.0 Å². The highest BCUT2D eigenvalue weighted by molar-refractivity contribution is 8.26. The highest BCUT2D eigenvalue weighted by Gasteiger charge is 2.31. The number of unbranched alkanes of at least 4 members (excludes halogenated alkanes) is 2. The third kappa shape index (κ3) is 6.27. The number of rotatable bonds is 9. The van der Waals surface area contributed by atoms with Gasteiger partial charge in [0.2, 0.25) is 5.91 Å². The molecule has 168 valence electrons. The second kappa shape index (κ2) is 11.1. The molecule has 0 atom stereocenters. The predicted molar refractivity (Wildman–Crippen MR) is 126 cm³/mol. The standard InChI is InChI=1S/C22H23N3O5S2/c1-14-12-18(24-30-14)23-19(26)6-4-3-5-11-25-20(27)17(32-22(25)31)13-15-7-9-16(10-8-15)21(28)29-2/h7-10,12-13H,3-6,11H2,1-2H3,(H,23,24,26)/b17-13+. The van der Waals surface area contributed by atoms with Crippen LogP contribution in [0.2, 0.25) is 0 Å². The number of carbonyl (C=O) groups is 3. The van der Waals surface area contributed by atoms with Crippen LogP contribution in [-0.4, -0.2) is 45.8 Å². The second-order valence-corrected chi connectivity index (χ2v) is 8.80. The summed E-state index contributed by atoms with van der Waals surface area (Å²) in [6.07, 6.45) is 4.35. The van der Waals surface area contributed by atoms with Crippen LogP contribution in [0, 0.1) is 6.92 Å². The summed E-state index contributed by atoms with van der Waals surface area (Å²) >= 11 is 6.62. The van der Waals surface area contributed by atoms with E-state index in [0.29, 0.717) is 45.8 Å². The molecule has 1 aromatic heterocycles. The lowest BCUT2D eigenvalue weighted by atomic mass is 10.1. The molecule has 1 saturated heterocycles. The van der Waals surface area contributed by atoms with Crippen LogP contribution in [0.3, 0.4) is 0 Å². The number of benzene rings is 1. The van der Waals surface area contributed by atoms with E-state index in [4.69, 9.17) is 16.7 Å². The van der Waals surface area contributed by atoms with E-state index in [1.54, 1.807) is 48.2 Å². The van der Waals surface area contributed by atoms with E-state index >= 15 is 0 Å². The van der Waals surface area contributed by atoms with Crippen LogP contribution >= 0.6 is 24.0 Å². The van der Waals surface area contributed by atoms with Crippen molar-refractivity contribution in [3.8, 4) is 0 Å². The van der Waals surface area contributed by atoms with Gasteiger partial charge in [-0.15, -0.1) is 0 Å². The molecule has 10 heteroatoms. The van der Waals surface area contributed by atoms with Gasteiger partial charge >= 0.3 is 5.97 Å². The highest BCUT2D eigenvalue weighted by Crippen LogP contribution is 2.32. The molecule has 2 amide bonds. The number of esters is 1. The monoisotopic (exact) mass is 473 g/mol. The van der Waals surface area contributed by atoms with Crippen LogP contribution in [0.15, 0.2) is 39.8 Å². The maximum atomic E-state index is 12.7. The Labute approximate surface area is 195 Å². The van der Waals surface area contributed by atoms with Gasteiger partial charge in [-0.2, -0.15) is 0 Å². The highest BCUT2D eigenvalue weighted by atomic mass is 32.2. The van der Waals surface area contributed by atoms with Gasteiger partial charge in [-0.1, -0.05) is 47.7 Å². The van der Waals surface area contributed by atoms with Gasteiger partial charge in [0, 0.05) is 19.0 Å². The summed E-state index contributed by atoms with van der Waals surface area (Å²) in [5, 5.41) is 6.41. The molecule has 0 bridgehead atoms. The molecule has 0 radical (unpaired) electrons. The first-order valence-corrected chi connectivity index (χ1v) is 11.3. The minimum absolute atomic E-state index is 0.120. The molecule has 1 aliphatic heterocycles. The lowest BCUT2D eigenvalue weighted by molar-refractivity contribution is -0.122. The van der Waals surface area contributed by atoms with Crippen LogP contribution in [0.1, 0.15) is 47.4 Å². The zero-order valence-corrected chi connectivity index (χ0v) is 19.4. The summed E-state index contributed by atoms with van der Waals surface area (Å²) < 4.78 is 10.1. The maximum Gasteiger partial charge on any atom is 0.337 e. The molecule has 3 rings (SSSR count). The first-order chi connectivity index (χ1) is 15.4. The van der Waals surface area contributed by atoms with Crippen molar-refractivity contribution in [2.24, 2.45) is 0 Å². The quantitative estimate of drug-likeness (QED) is 0.251. The number of aryl methyl sites for hydroxylation is 1. The van der Waals surface area contributed by atoms with Crippen LogP contribution in [0.4, 0.5) is 5.82 Å². The number of carbonyl (C=O) groups excluding carboxylic acids is 3. The molecule has 1 aromatic carbocycles. The second-order valence-electron chi connectivity index (χ2n) is 7.13. The largest absolute Gasteiger partial charge is 0.465 e. The Hall–Kier alpha value is -2.98. The molecule has 32 heavy (non-hydrogen) atoms. The smallest absolute Gasteiger partial charge is 0.337 e. The number of methoxy groups -OCH3 is 1. The van der Waals surface area contributed by atoms with Gasteiger partial charge in [0.25, 0.3) is 5.91 Å². The number of nitrogens with zero attached hydrogens (tertiary/aromatic N) is 2. The van der Waals surface area contributed by atoms with Crippen molar-refractivity contribution in [2.45, 2.75) is 32.6 Å². The summed E-state index contributed by atoms with van der Waals surface area (Å²) in [5.41, 5.74) is 1.24. The van der Waals surface area contributed by atoms with Crippen molar-refractivity contribution in [3.63, 3.8) is 0 Å². The van der Waals surface area contributed by atoms with Gasteiger partial charge in [-0.25, -0.2) is 4.79 Å². The molecule has 0 spiro atoms. The number of anilines is 1. The lowest BCUT2D eigenvalue weighted by Gasteiger charge is -2.14. The number of ether oxygens (including phenoxy) is 1. The van der Waals surface area contributed by atoms with E-state index in [2.05, 4.69) is 15.2 Å². The Kier molecular flexibility index (Phi) is 8.18. The molecular weight excluding hydrogens is 450 g/mol. The number of hydrogen-bond acceptors (Lipinski definition) is 8. The van der Waals surface area contributed by atoms with Crippen LogP contribution in [0.5, 0.6) is 0 Å². The molecule has 2 aromatic rings. The van der Waals surface area contributed by atoms with Gasteiger partial charge < -0.3 is 14.6 Å². The summed E-state index contributed by atoms with van der Waals surface area (Å²) in [5.74, 6) is 0.391. The average molecular weight is 474 g/mol. The Bertz CT molecular complexity index is 1050. The summed E-state index contributed by atoms with van der Waals surface area (Å²) in [6.45, 7) is 2.26. The lowest BCUT2D eigenvalue weighted by Crippen LogP contribution is -2.29. The van der Waals surface area contributed by atoms with Gasteiger partial charge in [0.05, 0.1) is 17.6 Å². The van der Waals surface area contributed by atoms with Gasteiger partial charge in [0.1, 0.15) is 10.1 Å². The Morgan fingerprint density at radius 2 is 2.00 bits per heavy atom.